The molecule has 3 heterocycles. The maximum absolute atomic E-state index is 12.0. The highest BCUT2D eigenvalue weighted by Gasteiger charge is 2.69. The molecule has 94 valence electrons. The summed E-state index contributed by atoms with van der Waals surface area (Å²) in [6.45, 7) is 4.11. The molecule has 4 atom stereocenters. The van der Waals surface area contributed by atoms with Gasteiger partial charge in [-0.15, -0.1) is 0 Å². The molecule has 2 bridgehead atoms. The van der Waals surface area contributed by atoms with Gasteiger partial charge in [-0.1, -0.05) is 0 Å². The number of nitrogens with one attached hydrogen (secondary N) is 1. The van der Waals surface area contributed by atoms with E-state index in [1.807, 2.05) is 6.92 Å². The van der Waals surface area contributed by atoms with Crippen molar-refractivity contribution in [2.45, 2.75) is 43.6 Å². The fraction of sp³-hybridized carbons (Fsp3) is 0.818. The van der Waals surface area contributed by atoms with E-state index >= 15 is 0 Å². The number of carbonyl (C=O) groups excluding carboxylic acids is 1. The molecule has 0 spiro atoms. The van der Waals surface area contributed by atoms with E-state index in [-0.39, 0.29) is 18.1 Å². The van der Waals surface area contributed by atoms with Gasteiger partial charge in [-0.25, -0.2) is 0 Å². The zero-order valence-electron chi connectivity index (χ0n) is 9.99. The van der Waals surface area contributed by atoms with Crippen LogP contribution in [0.2, 0.25) is 0 Å². The van der Waals surface area contributed by atoms with Crippen LogP contribution < -0.4 is 11.1 Å². The molecular formula is C11H17N3O3. The Kier molecular flexibility index (Phi) is 1.82. The van der Waals surface area contributed by atoms with Crippen LogP contribution >= 0.6 is 0 Å². The van der Waals surface area contributed by atoms with Gasteiger partial charge in [0, 0.05) is 12.5 Å². The molecule has 2 fully saturated rings. The third-order valence-corrected chi connectivity index (χ3v) is 4.52. The molecule has 0 radical (unpaired) electrons. The number of aliphatic imine (C=N–C) groups is 1. The van der Waals surface area contributed by atoms with Gasteiger partial charge in [0.2, 0.25) is 0 Å². The Hall–Kier alpha value is -1.14. The number of ether oxygens (including phenoxy) is 1. The van der Waals surface area contributed by atoms with Crippen LogP contribution in [0.25, 0.3) is 0 Å². The number of rotatable bonds is 0. The van der Waals surface area contributed by atoms with E-state index in [1.54, 1.807) is 6.92 Å². The van der Waals surface area contributed by atoms with Crippen molar-refractivity contribution >= 4 is 11.7 Å². The van der Waals surface area contributed by atoms with Crippen LogP contribution in [0.4, 0.5) is 0 Å². The van der Waals surface area contributed by atoms with E-state index in [2.05, 4.69) is 10.3 Å². The Labute approximate surface area is 99.2 Å². The van der Waals surface area contributed by atoms with Gasteiger partial charge < -0.3 is 20.9 Å². The van der Waals surface area contributed by atoms with Gasteiger partial charge in [0.15, 0.2) is 17.5 Å². The van der Waals surface area contributed by atoms with Crippen molar-refractivity contribution in [3.05, 3.63) is 0 Å². The van der Waals surface area contributed by atoms with Crippen molar-refractivity contribution in [2.75, 3.05) is 6.54 Å². The van der Waals surface area contributed by atoms with Crippen LogP contribution in [0.15, 0.2) is 4.99 Å². The van der Waals surface area contributed by atoms with Crippen LogP contribution in [0.3, 0.4) is 0 Å². The first kappa shape index (κ1) is 11.0. The second-order valence-corrected chi connectivity index (χ2v) is 5.67. The van der Waals surface area contributed by atoms with Gasteiger partial charge >= 0.3 is 0 Å². The number of guanidine groups is 1. The Morgan fingerprint density at radius 3 is 3.00 bits per heavy atom. The third-order valence-electron chi connectivity index (χ3n) is 4.52. The number of fused-ring (bicyclic) bond motifs is 4. The molecule has 3 rings (SSSR count). The van der Waals surface area contributed by atoms with E-state index in [0.29, 0.717) is 18.9 Å². The zero-order valence-corrected chi connectivity index (χ0v) is 9.99. The highest BCUT2D eigenvalue weighted by molar-refractivity contribution is 5.91. The summed E-state index contributed by atoms with van der Waals surface area (Å²) < 4.78 is 5.64. The quantitative estimate of drug-likeness (QED) is 0.510. The molecule has 4 N–H and O–H groups in total. The molecule has 6 heteroatoms. The SMILES string of the molecule is C[C@]12NC(N)=NC[C@H]1C[C@]1(C)O[C@@]2(O)CC1=O. The first-order chi connectivity index (χ1) is 7.79. The largest absolute Gasteiger partial charge is 0.370 e. The summed E-state index contributed by atoms with van der Waals surface area (Å²) in [5, 5.41) is 13.6. The summed E-state index contributed by atoms with van der Waals surface area (Å²) >= 11 is 0. The van der Waals surface area contributed by atoms with Crippen molar-refractivity contribution in [1.82, 2.24) is 5.32 Å². The Morgan fingerprint density at radius 1 is 1.59 bits per heavy atom. The van der Waals surface area contributed by atoms with Crippen molar-refractivity contribution in [2.24, 2.45) is 16.6 Å². The second kappa shape index (κ2) is 2.81. The molecule has 17 heavy (non-hydrogen) atoms. The van der Waals surface area contributed by atoms with Gasteiger partial charge in [-0.2, -0.15) is 0 Å². The summed E-state index contributed by atoms with van der Waals surface area (Å²) in [4.78, 5) is 16.1. The molecular weight excluding hydrogens is 222 g/mol. The fourth-order valence-electron chi connectivity index (χ4n) is 3.27. The van der Waals surface area contributed by atoms with Crippen molar-refractivity contribution in [1.29, 1.82) is 0 Å². The van der Waals surface area contributed by atoms with E-state index in [9.17, 15) is 9.90 Å². The molecule has 3 aliphatic heterocycles. The van der Waals surface area contributed by atoms with Crippen molar-refractivity contribution in [3.8, 4) is 0 Å². The number of aliphatic hydroxyl groups is 1. The van der Waals surface area contributed by atoms with Crippen LogP contribution in [0.1, 0.15) is 26.7 Å². The average Bonchev–Trinajstić information content (AvgIpc) is 2.40. The number of ketones is 1. The summed E-state index contributed by atoms with van der Waals surface area (Å²) in [6, 6.07) is 0. The monoisotopic (exact) mass is 239 g/mol. The number of hydrogen-bond acceptors (Lipinski definition) is 6. The minimum Gasteiger partial charge on any atom is -0.370 e. The molecule has 3 aliphatic rings. The molecule has 0 aliphatic carbocycles. The van der Waals surface area contributed by atoms with Crippen LogP contribution in [0, 0.1) is 5.92 Å². The van der Waals surface area contributed by atoms with E-state index < -0.39 is 16.9 Å². The standard InChI is InChI=1S/C11H17N3O3/c1-9-3-6-5-13-8(12)14-10(6,2)11(16,17-9)4-7(9)15/h6,16H,3-5H2,1-2H3,(H3,12,13,14)/t6-,9+,10+,11+/m1/s1. The van der Waals surface area contributed by atoms with E-state index in [1.165, 1.54) is 0 Å². The smallest absolute Gasteiger partial charge is 0.197 e. The zero-order chi connectivity index (χ0) is 12.5. The lowest BCUT2D eigenvalue weighted by molar-refractivity contribution is -0.295. The lowest BCUT2D eigenvalue weighted by Gasteiger charge is -2.53. The maximum atomic E-state index is 12.0. The molecule has 2 saturated heterocycles. The first-order valence-corrected chi connectivity index (χ1v) is 5.83. The minimum atomic E-state index is -1.48. The van der Waals surface area contributed by atoms with Crippen LogP contribution in [-0.2, 0) is 9.53 Å². The van der Waals surface area contributed by atoms with Crippen LogP contribution in [0.5, 0.6) is 0 Å². The number of nitrogens with two attached hydrogens (primary N) is 1. The molecule has 0 saturated carbocycles. The normalized spacial score (nSPS) is 52.8. The van der Waals surface area contributed by atoms with Gasteiger partial charge in [0.05, 0.1) is 12.0 Å². The third kappa shape index (κ3) is 1.17. The fourth-order valence-corrected chi connectivity index (χ4v) is 3.27. The van der Waals surface area contributed by atoms with Crippen LogP contribution in [-0.4, -0.2) is 40.3 Å². The predicted molar refractivity (Wildman–Crippen MR) is 60.2 cm³/mol. The molecule has 0 aromatic carbocycles. The lowest BCUT2D eigenvalue weighted by Crippen LogP contribution is -2.73. The topological polar surface area (TPSA) is 96.9 Å². The van der Waals surface area contributed by atoms with E-state index in [4.69, 9.17) is 10.5 Å². The van der Waals surface area contributed by atoms with Gasteiger partial charge in [-0.3, -0.25) is 9.79 Å². The van der Waals surface area contributed by atoms with Gasteiger partial charge in [-0.05, 0) is 20.3 Å². The number of hydrogen-bond donors (Lipinski definition) is 3. The maximum Gasteiger partial charge on any atom is 0.197 e. The highest BCUT2D eigenvalue weighted by atomic mass is 16.7. The number of carbonyl (C=O) groups is 1. The van der Waals surface area contributed by atoms with Gasteiger partial charge in [0.1, 0.15) is 5.60 Å². The van der Waals surface area contributed by atoms with Crippen molar-refractivity contribution in [3.63, 3.8) is 0 Å². The number of Topliss-reactive ketones (excluding diaryl/α,β-unsaturated/α-hetero) is 1. The number of nitrogens with zero attached hydrogens (tertiary/aromatic N) is 1. The predicted octanol–water partition coefficient (Wildman–Crippen LogP) is -0.880. The average molecular weight is 239 g/mol. The molecule has 0 aromatic heterocycles. The second-order valence-electron chi connectivity index (χ2n) is 5.67. The Morgan fingerprint density at radius 2 is 2.29 bits per heavy atom. The van der Waals surface area contributed by atoms with E-state index in [0.717, 1.165) is 0 Å². The molecule has 0 amide bonds. The Bertz CT molecular complexity index is 438. The summed E-state index contributed by atoms with van der Waals surface area (Å²) in [6.07, 6.45) is 0.575. The summed E-state index contributed by atoms with van der Waals surface area (Å²) in [5.74, 6) is -1.19. The van der Waals surface area contributed by atoms with Gasteiger partial charge in [0.25, 0.3) is 0 Å². The Balaban J connectivity index is 2.08. The first-order valence-electron chi connectivity index (χ1n) is 5.83. The molecule has 0 unspecified atom stereocenters. The summed E-state index contributed by atoms with van der Waals surface area (Å²) in [7, 11) is 0. The minimum absolute atomic E-state index is 0.0107. The molecule has 0 aromatic rings. The van der Waals surface area contributed by atoms with Crippen molar-refractivity contribution < 1.29 is 14.6 Å². The lowest BCUT2D eigenvalue weighted by atomic mass is 9.73. The summed E-state index contributed by atoms with van der Waals surface area (Å²) in [5.41, 5.74) is 4.05. The molecule has 6 nitrogen and oxygen atoms in total. The highest BCUT2D eigenvalue weighted by Crippen LogP contribution is 2.52.